The van der Waals surface area contributed by atoms with E-state index in [-0.39, 0.29) is 11.9 Å². The minimum atomic E-state index is -0.825. The van der Waals surface area contributed by atoms with Crippen LogP contribution in [0.1, 0.15) is 48.3 Å². The Morgan fingerprint density at radius 2 is 2.00 bits per heavy atom. The van der Waals surface area contributed by atoms with E-state index in [2.05, 4.69) is 10.3 Å². The lowest BCUT2D eigenvalue weighted by molar-refractivity contribution is -0.142. The fraction of sp³-hybridized carbons (Fsp3) is 0.533. The lowest BCUT2D eigenvalue weighted by atomic mass is 9.95. The first-order chi connectivity index (χ1) is 9.58. The van der Waals surface area contributed by atoms with Gasteiger partial charge >= 0.3 is 5.97 Å². The summed E-state index contributed by atoms with van der Waals surface area (Å²) in [6, 6.07) is 4.95. The number of hydrogen-bond acceptors (Lipinski definition) is 3. The van der Waals surface area contributed by atoms with Crippen LogP contribution in [0, 0.1) is 12.8 Å². The molecule has 0 aromatic carbocycles. The Balaban J connectivity index is 2.09. The van der Waals surface area contributed by atoms with E-state index in [1.807, 2.05) is 13.0 Å². The number of carbonyl (C=O) groups excluding carboxylic acids is 1. The highest BCUT2D eigenvalue weighted by Crippen LogP contribution is 2.24. The van der Waals surface area contributed by atoms with Gasteiger partial charge in [0, 0.05) is 11.7 Å². The molecule has 0 radical (unpaired) electrons. The summed E-state index contributed by atoms with van der Waals surface area (Å²) < 4.78 is 0. The molecule has 1 fully saturated rings. The second kappa shape index (κ2) is 6.50. The molecule has 1 amide bonds. The third-order valence-corrected chi connectivity index (χ3v) is 3.77. The molecule has 20 heavy (non-hydrogen) atoms. The van der Waals surface area contributed by atoms with Crippen molar-refractivity contribution in [3.05, 3.63) is 29.6 Å². The molecule has 1 aliphatic carbocycles. The zero-order valence-electron chi connectivity index (χ0n) is 11.6. The highest BCUT2D eigenvalue weighted by atomic mass is 16.4. The van der Waals surface area contributed by atoms with Crippen molar-refractivity contribution < 1.29 is 14.7 Å². The molecule has 1 aromatic heterocycles. The standard InChI is InChI=1S/C15H20N2O3/c1-10-6-5-9-13(16-10)14(18)17-12-8-4-2-3-7-11(12)15(19)20/h5-6,9,11-12H,2-4,7-8H2,1H3,(H,17,18)(H,19,20)/t11-,12+/m1/s1. The highest BCUT2D eigenvalue weighted by molar-refractivity contribution is 5.92. The van der Waals surface area contributed by atoms with Gasteiger partial charge in [-0.3, -0.25) is 9.59 Å². The lowest BCUT2D eigenvalue weighted by Gasteiger charge is -2.22. The number of hydrogen-bond donors (Lipinski definition) is 2. The van der Waals surface area contributed by atoms with Gasteiger partial charge in [-0.1, -0.05) is 25.3 Å². The van der Waals surface area contributed by atoms with Crippen molar-refractivity contribution in [3.63, 3.8) is 0 Å². The number of aliphatic carboxylic acids is 1. The monoisotopic (exact) mass is 276 g/mol. The number of amides is 1. The normalized spacial score (nSPS) is 22.9. The summed E-state index contributed by atoms with van der Waals surface area (Å²) in [6.45, 7) is 1.82. The first-order valence-corrected chi connectivity index (χ1v) is 7.05. The van der Waals surface area contributed by atoms with Gasteiger partial charge < -0.3 is 10.4 Å². The molecule has 2 atom stereocenters. The number of nitrogens with zero attached hydrogens (tertiary/aromatic N) is 1. The molecule has 1 aliphatic rings. The second-order valence-electron chi connectivity index (χ2n) is 5.33. The molecule has 1 saturated carbocycles. The predicted molar refractivity (Wildman–Crippen MR) is 74.4 cm³/mol. The molecule has 5 nitrogen and oxygen atoms in total. The van der Waals surface area contributed by atoms with E-state index in [9.17, 15) is 14.7 Å². The van der Waals surface area contributed by atoms with Crippen LogP contribution in [0.5, 0.6) is 0 Å². The first kappa shape index (κ1) is 14.5. The van der Waals surface area contributed by atoms with E-state index in [1.54, 1.807) is 12.1 Å². The number of carboxylic acid groups (broad SMARTS) is 1. The fourth-order valence-corrected chi connectivity index (χ4v) is 2.69. The van der Waals surface area contributed by atoms with Crippen LogP contribution in [0.4, 0.5) is 0 Å². The smallest absolute Gasteiger partial charge is 0.308 e. The molecule has 0 spiro atoms. The van der Waals surface area contributed by atoms with Crippen molar-refractivity contribution in [3.8, 4) is 0 Å². The molecule has 2 rings (SSSR count). The molecule has 0 unspecified atom stereocenters. The quantitative estimate of drug-likeness (QED) is 0.829. The molecule has 1 heterocycles. The second-order valence-corrected chi connectivity index (χ2v) is 5.33. The molecule has 2 N–H and O–H groups in total. The van der Waals surface area contributed by atoms with Crippen LogP contribution in [0.3, 0.4) is 0 Å². The molecule has 0 saturated heterocycles. The van der Waals surface area contributed by atoms with Crippen LogP contribution in [0.25, 0.3) is 0 Å². The van der Waals surface area contributed by atoms with E-state index in [0.29, 0.717) is 18.5 Å². The fourth-order valence-electron chi connectivity index (χ4n) is 2.69. The Morgan fingerprint density at radius 3 is 2.70 bits per heavy atom. The number of rotatable bonds is 3. The Labute approximate surface area is 118 Å². The zero-order valence-corrected chi connectivity index (χ0v) is 11.6. The molecule has 0 aliphatic heterocycles. The van der Waals surface area contributed by atoms with Crippen LogP contribution in [0.15, 0.2) is 18.2 Å². The molecule has 108 valence electrons. The number of nitrogens with one attached hydrogen (secondary N) is 1. The summed E-state index contributed by atoms with van der Waals surface area (Å²) in [5, 5.41) is 12.1. The number of carbonyl (C=O) groups is 2. The van der Waals surface area contributed by atoms with Gasteiger partial charge in [-0.25, -0.2) is 4.98 Å². The van der Waals surface area contributed by atoms with Crippen LogP contribution < -0.4 is 5.32 Å². The summed E-state index contributed by atoms with van der Waals surface area (Å²) in [6.07, 6.45) is 4.23. The number of pyridine rings is 1. The van der Waals surface area contributed by atoms with Gasteiger partial charge in [-0.05, 0) is 31.9 Å². The summed E-state index contributed by atoms with van der Waals surface area (Å²) in [7, 11) is 0. The van der Waals surface area contributed by atoms with Crippen LogP contribution in [-0.2, 0) is 4.79 Å². The van der Waals surface area contributed by atoms with Gasteiger partial charge in [-0.2, -0.15) is 0 Å². The Kier molecular flexibility index (Phi) is 4.71. The van der Waals surface area contributed by atoms with Crippen LogP contribution in [-0.4, -0.2) is 28.0 Å². The van der Waals surface area contributed by atoms with Gasteiger partial charge in [0.05, 0.1) is 5.92 Å². The molecular weight excluding hydrogens is 256 g/mol. The maximum absolute atomic E-state index is 12.2. The minimum Gasteiger partial charge on any atom is -0.481 e. The van der Waals surface area contributed by atoms with Crippen molar-refractivity contribution in [1.29, 1.82) is 0 Å². The Bertz CT molecular complexity index is 502. The predicted octanol–water partition coefficient (Wildman–Crippen LogP) is 2.15. The average molecular weight is 276 g/mol. The summed E-state index contributed by atoms with van der Waals surface area (Å²) >= 11 is 0. The number of aryl methyl sites for hydroxylation is 1. The van der Waals surface area contributed by atoms with Crippen LogP contribution >= 0.6 is 0 Å². The lowest BCUT2D eigenvalue weighted by Crippen LogP contribution is -2.43. The van der Waals surface area contributed by atoms with Crippen molar-refractivity contribution in [1.82, 2.24) is 10.3 Å². The highest BCUT2D eigenvalue weighted by Gasteiger charge is 2.30. The van der Waals surface area contributed by atoms with Crippen LogP contribution in [0.2, 0.25) is 0 Å². The van der Waals surface area contributed by atoms with Gasteiger partial charge in [0.15, 0.2) is 0 Å². The first-order valence-electron chi connectivity index (χ1n) is 7.05. The van der Waals surface area contributed by atoms with Gasteiger partial charge in [0.25, 0.3) is 5.91 Å². The van der Waals surface area contributed by atoms with Crippen molar-refractivity contribution in [2.45, 2.75) is 45.1 Å². The van der Waals surface area contributed by atoms with Crippen molar-refractivity contribution >= 4 is 11.9 Å². The SMILES string of the molecule is Cc1cccc(C(=O)N[C@H]2CCCCC[C@H]2C(=O)O)n1. The zero-order chi connectivity index (χ0) is 14.5. The van der Waals surface area contributed by atoms with Gasteiger partial charge in [-0.15, -0.1) is 0 Å². The third kappa shape index (κ3) is 3.56. The molecular formula is C15H20N2O3. The van der Waals surface area contributed by atoms with Gasteiger partial charge in [0.1, 0.15) is 5.69 Å². The molecule has 1 aromatic rings. The van der Waals surface area contributed by atoms with E-state index >= 15 is 0 Å². The topological polar surface area (TPSA) is 79.3 Å². The number of aromatic nitrogens is 1. The summed E-state index contributed by atoms with van der Waals surface area (Å²) in [4.78, 5) is 27.7. The number of carboxylic acids is 1. The van der Waals surface area contributed by atoms with E-state index in [4.69, 9.17) is 0 Å². The largest absolute Gasteiger partial charge is 0.481 e. The third-order valence-electron chi connectivity index (χ3n) is 3.77. The average Bonchev–Trinajstić information content (AvgIpc) is 2.64. The van der Waals surface area contributed by atoms with Crippen molar-refractivity contribution in [2.75, 3.05) is 0 Å². The van der Waals surface area contributed by atoms with E-state index < -0.39 is 11.9 Å². The van der Waals surface area contributed by atoms with Gasteiger partial charge in [0.2, 0.25) is 0 Å². The Hall–Kier alpha value is -1.91. The molecule has 0 bridgehead atoms. The van der Waals surface area contributed by atoms with E-state index in [1.165, 1.54) is 0 Å². The maximum Gasteiger partial charge on any atom is 0.308 e. The molecule has 5 heteroatoms. The summed E-state index contributed by atoms with van der Waals surface area (Å²) in [5.74, 6) is -1.60. The maximum atomic E-state index is 12.2. The minimum absolute atomic E-state index is 0.285. The summed E-state index contributed by atoms with van der Waals surface area (Å²) in [5.41, 5.74) is 1.12. The van der Waals surface area contributed by atoms with Crippen molar-refractivity contribution in [2.24, 2.45) is 5.92 Å². The Morgan fingerprint density at radius 1 is 1.25 bits per heavy atom. The van der Waals surface area contributed by atoms with E-state index in [0.717, 1.165) is 25.0 Å².